The second kappa shape index (κ2) is 8.75. The lowest BCUT2D eigenvalue weighted by Crippen LogP contribution is -2.38. The fourth-order valence-corrected chi connectivity index (χ4v) is 6.82. The average Bonchev–Trinajstić information content (AvgIpc) is 3.05. The zero-order valence-electron chi connectivity index (χ0n) is 17.7. The summed E-state index contributed by atoms with van der Waals surface area (Å²) in [6.07, 6.45) is 10.4. The lowest BCUT2D eigenvalue weighted by atomic mass is 9.57. The Morgan fingerprint density at radius 1 is 1.00 bits per heavy atom. The highest BCUT2D eigenvalue weighted by Gasteiger charge is 2.49. The third-order valence-electron chi connectivity index (χ3n) is 7.93. The van der Waals surface area contributed by atoms with E-state index in [0.717, 1.165) is 32.5 Å². The quantitative estimate of drug-likeness (QED) is 0.594. The van der Waals surface area contributed by atoms with Gasteiger partial charge in [0.25, 0.3) is 0 Å². The van der Waals surface area contributed by atoms with E-state index in [-0.39, 0.29) is 6.10 Å². The first kappa shape index (κ1) is 20.2. The van der Waals surface area contributed by atoms with Crippen LogP contribution in [0.4, 0.5) is 0 Å². The highest BCUT2D eigenvalue weighted by atomic mass is 16.5. The summed E-state index contributed by atoms with van der Waals surface area (Å²) in [6.45, 7) is 6.08. The second-order valence-electron chi connectivity index (χ2n) is 9.63. The molecule has 2 saturated carbocycles. The molecule has 6 atom stereocenters. The molecule has 2 N–H and O–H groups in total. The second-order valence-corrected chi connectivity index (χ2v) is 9.63. The standard InChI is InChI=1S/C25H38O3/c1-3-11-28-12-5-4-6-17-14-23-19-9-10-24(27)20(19)7-8-21(23)25-16(2)13-18(26)15-22(17)25/h13,15,17,19-21,23-24,26-27H,3-12,14H2,1-2H3. The van der Waals surface area contributed by atoms with Crippen molar-refractivity contribution in [2.24, 2.45) is 17.8 Å². The molecule has 0 aliphatic heterocycles. The summed E-state index contributed by atoms with van der Waals surface area (Å²) in [5, 5.41) is 20.7. The van der Waals surface area contributed by atoms with Crippen molar-refractivity contribution in [2.75, 3.05) is 13.2 Å². The number of rotatable bonds is 7. The molecule has 156 valence electrons. The van der Waals surface area contributed by atoms with Crippen LogP contribution >= 0.6 is 0 Å². The number of phenolic OH excluding ortho intramolecular Hbond substituents is 1. The van der Waals surface area contributed by atoms with Gasteiger partial charge in [0.1, 0.15) is 5.75 Å². The van der Waals surface area contributed by atoms with Crippen LogP contribution in [0.3, 0.4) is 0 Å². The van der Waals surface area contributed by atoms with E-state index in [1.807, 2.05) is 6.07 Å². The summed E-state index contributed by atoms with van der Waals surface area (Å²) in [5.41, 5.74) is 4.24. The number of phenols is 1. The largest absolute Gasteiger partial charge is 0.508 e. The topological polar surface area (TPSA) is 49.7 Å². The summed E-state index contributed by atoms with van der Waals surface area (Å²) >= 11 is 0. The molecule has 0 bridgehead atoms. The van der Waals surface area contributed by atoms with Crippen molar-refractivity contribution >= 4 is 0 Å². The fraction of sp³-hybridized carbons (Fsp3) is 0.760. The Morgan fingerprint density at radius 2 is 1.82 bits per heavy atom. The molecule has 0 aromatic heterocycles. The minimum absolute atomic E-state index is 0.0672. The van der Waals surface area contributed by atoms with Gasteiger partial charge < -0.3 is 14.9 Å². The van der Waals surface area contributed by atoms with Gasteiger partial charge in [-0.3, -0.25) is 0 Å². The van der Waals surface area contributed by atoms with E-state index < -0.39 is 0 Å². The zero-order chi connectivity index (χ0) is 19.7. The van der Waals surface area contributed by atoms with Crippen molar-refractivity contribution in [3.05, 3.63) is 28.8 Å². The molecule has 28 heavy (non-hydrogen) atoms. The first-order valence-corrected chi connectivity index (χ1v) is 11.7. The van der Waals surface area contributed by atoms with E-state index in [4.69, 9.17) is 4.74 Å². The molecule has 0 amide bonds. The molecule has 2 fully saturated rings. The lowest BCUT2D eigenvalue weighted by molar-refractivity contribution is 0.0519. The van der Waals surface area contributed by atoms with Gasteiger partial charge >= 0.3 is 0 Å². The summed E-state index contributed by atoms with van der Waals surface area (Å²) < 4.78 is 5.67. The number of aryl methyl sites for hydroxylation is 1. The van der Waals surface area contributed by atoms with Crippen LogP contribution in [0.15, 0.2) is 12.1 Å². The van der Waals surface area contributed by atoms with Crippen molar-refractivity contribution in [3.8, 4) is 5.75 Å². The van der Waals surface area contributed by atoms with Gasteiger partial charge in [0.15, 0.2) is 0 Å². The van der Waals surface area contributed by atoms with Crippen molar-refractivity contribution in [2.45, 2.75) is 89.6 Å². The Bertz CT molecular complexity index is 670. The Morgan fingerprint density at radius 3 is 2.64 bits per heavy atom. The van der Waals surface area contributed by atoms with E-state index >= 15 is 0 Å². The number of aromatic hydroxyl groups is 1. The minimum atomic E-state index is -0.0672. The first-order valence-electron chi connectivity index (χ1n) is 11.7. The fourth-order valence-electron chi connectivity index (χ4n) is 6.82. The van der Waals surface area contributed by atoms with Gasteiger partial charge in [-0.25, -0.2) is 0 Å². The van der Waals surface area contributed by atoms with E-state index in [9.17, 15) is 10.2 Å². The summed E-state index contributed by atoms with van der Waals surface area (Å²) in [7, 11) is 0. The molecule has 0 heterocycles. The van der Waals surface area contributed by atoms with Crippen LogP contribution in [-0.4, -0.2) is 29.5 Å². The summed E-state index contributed by atoms with van der Waals surface area (Å²) in [6, 6.07) is 4.03. The molecule has 0 spiro atoms. The predicted molar refractivity (Wildman–Crippen MR) is 113 cm³/mol. The van der Waals surface area contributed by atoms with E-state index in [2.05, 4.69) is 19.9 Å². The molecule has 6 unspecified atom stereocenters. The van der Waals surface area contributed by atoms with Crippen LogP contribution < -0.4 is 0 Å². The van der Waals surface area contributed by atoms with Crippen LogP contribution in [-0.2, 0) is 4.74 Å². The van der Waals surface area contributed by atoms with Gasteiger partial charge in [0.2, 0.25) is 0 Å². The Kier molecular flexibility index (Phi) is 6.32. The van der Waals surface area contributed by atoms with Gasteiger partial charge in [-0.2, -0.15) is 0 Å². The maximum absolute atomic E-state index is 10.5. The van der Waals surface area contributed by atoms with Crippen LogP contribution in [0.5, 0.6) is 5.75 Å². The van der Waals surface area contributed by atoms with Gasteiger partial charge in [0.05, 0.1) is 6.10 Å². The Hall–Kier alpha value is -1.06. The van der Waals surface area contributed by atoms with Crippen molar-refractivity contribution < 1.29 is 14.9 Å². The monoisotopic (exact) mass is 386 g/mol. The molecule has 4 rings (SSSR count). The molecule has 1 aromatic rings. The lowest BCUT2D eigenvalue weighted by Gasteiger charge is -2.47. The van der Waals surface area contributed by atoms with Gasteiger partial charge in [-0.15, -0.1) is 0 Å². The molecule has 0 saturated heterocycles. The molecule has 3 heteroatoms. The molecule has 3 nitrogen and oxygen atoms in total. The van der Waals surface area contributed by atoms with E-state index in [0.29, 0.717) is 35.3 Å². The van der Waals surface area contributed by atoms with Gasteiger partial charge in [0, 0.05) is 13.2 Å². The number of hydrogen-bond acceptors (Lipinski definition) is 3. The van der Waals surface area contributed by atoms with Crippen LogP contribution in [0.2, 0.25) is 0 Å². The third kappa shape index (κ3) is 3.85. The van der Waals surface area contributed by atoms with Crippen molar-refractivity contribution in [1.29, 1.82) is 0 Å². The molecule has 0 radical (unpaired) electrons. The zero-order valence-corrected chi connectivity index (χ0v) is 17.7. The van der Waals surface area contributed by atoms with Gasteiger partial charge in [-0.1, -0.05) is 13.3 Å². The van der Waals surface area contributed by atoms with Crippen LogP contribution in [0.25, 0.3) is 0 Å². The van der Waals surface area contributed by atoms with E-state index in [1.165, 1.54) is 49.7 Å². The molecule has 3 aliphatic rings. The minimum Gasteiger partial charge on any atom is -0.508 e. The third-order valence-corrected chi connectivity index (χ3v) is 7.93. The van der Waals surface area contributed by atoms with Crippen molar-refractivity contribution in [1.82, 2.24) is 0 Å². The first-order chi connectivity index (χ1) is 13.6. The normalized spacial score (nSPS) is 34.0. The van der Waals surface area contributed by atoms with Gasteiger partial charge in [-0.05, 0) is 117 Å². The number of unbranched alkanes of at least 4 members (excludes halogenated alkanes) is 1. The van der Waals surface area contributed by atoms with E-state index in [1.54, 1.807) is 5.56 Å². The predicted octanol–water partition coefficient (Wildman–Crippen LogP) is 5.67. The van der Waals surface area contributed by atoms with Crippen molar-refractivity contribution in [3.63, 3.8) is 0 Å². The number of aliphatic hydroxyl groups excluding tert-OH is 1. The molecule has 3 aliphatic carbocycles. The highest BCUT2D eigenvalue weighted by Crippen LogP contribution is 2.58. The number of ether oxygens (including phenoxy) is 1. The number of fused-ring (bicyclic) bond motifs is 5. The smallest absolute Gasteiger partial charge is 0.116 e. The maximum Gasteiger partial charge on any atom is 0.116 e. The highest BCUT2D eigenvalue weighted by molar-refractivity contribution is 5.47. The molecular formula is C25H38O3. The molecule has 1 aromatic carbocycles. The number of aliphatic hydroxyl groups is 1. The van der Waals surface area contributed by atoms with Crippen LogP contribution in [0.1, 0.15) is 93.2 Å². The molecular weight excluding hydrogens is 348 g/mol. The summed E-state index contributed by atoms with van der Waals surface area (Å²) in [4.78, 5) is 0. The number of hydrogen-bond donors (Lipinski definition) is 2. The Labute approximate surface area is 170 Å². The SMILES string of the molecule is CCCOCCCCC1CC2C(CCC3C(O)CCC32)c2c(C)cc(O)cc21. The number of benzene rings is 1. The average molecular weight is 387 g/mol. The van der Waals surface area contributed by atoms with Crippen LogP contribution in [0, 0.1) is 24.7 Å². The summed E-state index contributed by atoms with van der Waals surface area (Å²) in [5.74, 6) is 3.55. The maximum atomic E-state index is 10.5. The Balaban J connectivity index is 1.53.